The van der Waals surface area contributed by atoms with E-state index in [4.69, 9.17) is 13.9 Å². The lowest BCUT2D eigenvalue weighted by molar-refractivity contribution is 0.0790. The van der Waals surface area contributed by atoms with Crippen LogP contribution in [-0.4, -0.2) is 41.0 Å². The van der Waals surface area contributed by atoms with Crippen LogP contribution in [0.1, 0.15) is 35.9 Å². The van der Waals surface area contributed by atoms with Crippen LogP contribution in [0.2, 0.25) is 0 Å². The van der Waals surface area contributed by atoms with Crippen LogP contribution in [0.25, 0.3) is 0 Å². The molecule has 2 heterocycles. The monoisotopic (exact) mass is 319 g/mol. The Hall–Kier alpha value is -2.12. The summed E-state index contributed by atoms with van der Waals surface area (Å²) in [6.45, 7) is 3.55. The topological polar surface area (TPSA) is 80.9 Å². The van der Waals surface area contributed by atoms with E-state index in [0.717, 1.165) is 16.9 Å². The Morgan fingerprint density at radius 1 is 1.22 bits per heavy atom. The van der Waals surface area contributed by atoms with Gasteiger partial charge in [0, 0.05) is 30.6 Å². The molecule has 3 rings (SSSR count). The molecule has 7 nitrogen and oxygen atoms in total. The van der Waals surface area contributed by atoms with E-state index in [1.807, 2.05) is 19.1 Å². The van der Waals surface area contributed by atoms with E-state index in [1.165, 1.54) is 0 Å². The number of fused-ring (bicyclic) bond motifs is 1. The number of ether oxygens (including phenoxy) is 2. The van der Waals surface area contributed by atoms with E-state index in [1.54, 1.807) is 14.2 Å². The minimum absolute atomic E-state index is 0.473. The van der Waals surface area contributed by atoms with Crippen molar-refractivity contribution in [2.75, 3.05) is 20.8 Å². The van der Waals surface area contributed by atoms with Gasteiger partial charge in [0.15, 0.2) is 0 Å². The van der Waals surface area contributed by atoms with Gasteiger partial charge >= 0.3 is 0 Å². The minimum atomic E-state index is -0.655. The van der Waals surface area contributed by atoms with Gasteiger partial charge in [0.05, 0.1) is 26.9 Å². The number of β-amino-alcohol motifs (C(OH)–C–C–N with tert-alkyl or cyclic N) is 1. The quantitative estimate of drug-likeness (QED) is 0.898. The predicted octanol–water partition coefficient (Wildman–Crippen LogP) is 1.70. The van der Waals surface area contributed by atoms with Crippen LogP contribution in [0.15, 0.2) is 16.5 Å². The number of aromatic nitrogens is 2. The molecule has 2 aromatic rings. The first-order valence-electron chi connectivity index (χ1n) is 7.61. The predicted molar refractivity (Wildman–Crippen MR) is 82.3 cm³/mol. The number of rotatable bonds is 5. The number of methoxy groups -OCH3 is 2. The van der Waals surface area contributed by atoms with Gasteiger partial charge < -0.3 is 19.0 Å². The molecule has 23 heavy (non-hydrogen) atoms. The Balaban J connectivity index is 1.87. The molecule has 1 atom stereocenters. The smallest absolute Gasteiger partial charge is 0.230 e. The summed E-state index contributed by atoms with van der Waals surface area (Å²) in [6.07, 6.45) is 0.0566. The van der Waals surface area contributed by atoms with Crippen molar-refractivity contribution in [3.8, 4) is 11.5 Å². The zero-order valence-corrected chi connectivity index (χ0v) is 13.6. The van der Waals surface area contributed by atoms with Gasteiger partial charge in [-0.3, -0.25) is 4.90 Å². The zero-order chi connectivity index (χ0) is 16.4. The fourth-order valence-electron chi connectivity index (χ4n) is 2.95. The number of benzene rings is 1. The average Bonchev–Trinajstić information content (AvgIpc) is 3.01. The number of nitrogens with zero attached hydrogens (tertiary/aromatic N) is 3. The molecule has 0 bridgehead atoms. The van der Waals surface area contributed by atoms with Crippen molar-refractivity contribution in [1.29, 1.82) is 0 Å². The summed E-state index contributed by atoms with van der Waals surface area (Å²) in [7, 11) is 3.23. The largest absolute Gasteiger partial charge is 0.496 e. The summed E-state index contributed by atoms with van der Waals surface area (Å²) in [5, 5.41) is 18.6. The lowest BCUT2D eigenvalue weighted by atomic mass is 9.95. The third-order valence-electron chi connectivity index (χ3n) is 4.03. The van der Waals surface area contributed by atoms with Gasteiger partial charge in [-0.05, 0) is 12.1 Å². The second-order valence-corrected chi connectivity index (χ2v) is 5.49. The van der Waals surface area contributed by atoms with Crippen LogP contribution in [0.3, 0.4) is 0 Å². The number of aliphatic hydroxyl groups excluding tert-OH is 1. The molecule has 1 N–H and O–H groups in total. The Morgan fingerprint density at radius 2 is 1.91 bits per heavy atom. The molecule has 1 aromatic carbocycles. The molecule has 0 saturated carbocycles. The number of aryl methyl sites for hydroxylation is 1. The molecule has 0 saturated heterocycles. The summed E-state index contributed by atoms with van der Waals surface area (Å²) in [6, 6.07) is 3.68. The van der Waals surface area contributed by atoms with Gasteiger partial charge in [0.1, 0.15) is 11.5 Å². The standard InChI is InChI=1S/C16H21N3O4/c1-4-14-17-18-15(23-14)9-19-7-10-12(21-2)5-6-13(22-3)16(10)11(20)8-19/h5-6,11,20H,4,7-9H2,1-3H3/t11-/m0/s1. The summed E-state index contributed by atoms with van der Waals surface area (Å²) < 4.78 is 16.4. The molecule has 7 heteroatoms. The average molecular weight is 319 g/mol. The van der Waals surface area contributed by atoms with Crippen molar-refractivity contribution < 1.29 is 19.0 Å². The highest BCUT2D eigenvalue weighted by Crippen LogP contribution is 2.39. The number of hydrogen-bond acceptors (Lipinski definition) is 7. The molecule has 0 unspecified atom stereocenters. The fourth-order valence-corrected chi connectivity index (χ4v) is 2.95. The van der Waals surface area contributed by atoms with E-state index in [-0.39, 0.29) is 0 Å². The van der Waals surface area contributed by atoms with Crippen LogP contribution < -0.4 is 9.47 Å². The van der Waals surface area contributed by atoms with Gasteiger partial charge in [0.25, 0.3) is 0 Å². The van der Waals surface area contributed by atoms with E-state index >= 15 is 0 Å². The van der Waals surface area contributed by atoms with Gasteiger partial charge in [0.2, 0.25) is 11.8 Å². The second-order valence-electron chi connectivity index (χ2n) is 5.49. The van der Waals surface area contributed by atoms with Gasteiger partial charge in [-0.2, -0.15) is 0 Å². The summed E-state index contributed by atoms with van der Waals surface area (Å²) >= 11 is 0. The molecular weight excluding hydrogens is 298 g/mol. The maximum atomic E-state index is 10.5. The third kappa shape index (κ3) is 3.02. The first-order chi connectivity index (χ1) is 11.2. The molecule has 124 valence electrons. The molecule has 1 aromatic heterocycles. The SMILES string of the molecule is CCc1nnc(CN2Cc3c(OC)ccc(OC)c3[C@@H](O)C2)o1. The van der Waals surface area contributed by atoms with Gasteiger partial charge in [-0.15, -0.1) is 10.2 Å². The third-order valence-corrected chi connectivity index (χ3v) is 4.03. The molecule has 0 radical (unpaired) electrons. The highest BCUT2D eigenvalue weighted by molar-refractivity contribution is 5.51. The molecule has 0 spiro atoms. The maximum Gasteiger partial charge on any atom is 0.230 e. The van der Waals surface area contributed by atoms with E-state index < -0.39 is 6.10 Å². The lowest BCUT2D eigenvalue weighted by Gasteiger charge is -2.33. The minimum Gasteiger partial charge on any atom is -0.496 e. The van der Waals surface area contributed by atoms with Crippen molar-refractivity contribution in [1.82, 2.24) is 15.1 Å². The normalized spacial score (nSPS) is 17.8. The highest BCUT2D eigenvalue weighted by atomic mass is 16.5. The van der Waals surface area contributed by atoms with Crippen molar-refractivity contribution in [3.63, 3.8) is 0 Å². The van der Waals surface area contributed by atoms with Crippen molar-refractivity contribution in [2.24, 2.45) is 0 Å². The van der Waals surface area contributed by atoms with Crippen LogP contribution >= 0.6 is 0 Å². The first kappa shape index (κ1) is 15.8. The number of hydrogen-bond donors (Lipinski definition) is 1. The van der Waals surface area contributed by atoms with Gasteiger partial charge in [-0.1, -0.05) is 6.92 Å². The van der Waals surface area contributed by atoms with Crippen LogP contribution in [0, 0.1) is 0 Å². The van der Waals surface area contributed by atoms with Crippen molar-refractivity contribution in [2.45, 2.75) is 32.5 Å². The van der Waals surface area contributed by atoms with Crippen molar-refractivity contribution >= 4 is 0 Å². The summed E-state index contributed by atoms with van der Waals surface area (Å²) in [5.41, 5.74) is 1.73. The molecule has 0 fully saturated rings. The number of aliphatic hydroxyl groups is 1. The Kier molecular flexibility index (Phi) is 4.49. The van der Waals surface area contributed by atoms with Crippen LogP contribution in [-0.2, 0) is 19.5 Å². The van der Waals surface area contributed by atoms with Gasteiger partial charge in [-0.25, -0.2) is 0 Å². The molecule has 0 aliphatic carbocycles. The lowest BCUT2D eigenvalue weighted by Crippen LogP contribution is -2.33. The molecule has 0 amide bonds. The Morgan fingerprint density at radius 3 is 2.57 bits per heavy atom. The van der Waals surface area contributed by atoms with E-state index in [0.29, 0.717) is 43.6 Å². The van der Waals surface area contributed by atoms with E-state index in [9.17, 15) is 5.11 Å². The van der Waals surface area contributed by atoms with E-state index in [2.05, 4.69) is 15.1 Å². The fraction of sp³-hybridized carbons (Fsp3) is 0.500. The second kappa shape index (κ2) is 6.55. The van der Waals surface area contributed by atoms with Crippen LogP contribution in [0.5, 0.6) is 11.5 Å². The summed E-state index contributed by atoms with van der Waals surface area (Å²) in [5.74, 6) is 2.60. The Bertz CT molecular complexity index is 686. The molecule has 1 aliphatic rings. The summed E-state index contributed by atoms with van der Waals surface area (Å²) in [4.78, 5) is 2.06. The molecule has 1 aliphatic heterocycles. The maximum absolute atomic E-state index is 10.5. The molecular formula is C16H21N3O4. The first-order valence-corrected chi connectivity index (χ1v) is 7.61. The van der Waals surface area contributed by atoms with Crippen LogP contribution in [0.4, 0.5) is 0 Å². The zero-order valence-electron chi connectivity index (χ0n) is 13.6. The van der Waals surface area contributed by atoms with Crippen molar-refractivity contribution in [3.05, 3.63) is 35.0 Å². The highest BCUT2D eigenvalue weighted by Gasteiger charge is 2.30. The Labute approximate surface area is 134 Å².